The monoisotopic (exact) mass is 427 g/mol. The van der Waals surface area contributed by atoms with E-state index < -0.39 is 0 Å². The number of carbonyl (C=O) groups excluding carboxylic acids is 2. The summed E-state index contributed by atoms with van der Waals surface area (Å²) in [4.78, 5) is 26.8. The first-order chi connectivity index (χ1) is 14.5. The van der Waals surface area contributed by atoms with Crippen molar-refractivity contribution in [3.8, 4) is 5.75 Å². The maximum atomic E-state index is 12.5. The van der Waals surface area contributed by atoms with Crippen LogP contribution in [0, 0.1) is 0 Å². The van der Waals surface area contributed by atoms with Crippen molar-refractivity contribution in [2.45, 2.75) is 33.6 Å². The fraction of sp³-hybridized carbons (Fsp3) is 0.348. The number of nitrogens with one attached hydrogen (secondary N) is 2. The van der Waals surface area contributed by atoms with Crippen molar-refractivity contribution in [3.05, 3.63) is 59.7 Å². The molecular weight excluding hydrogens is 398 g/mol. The maximum Gasteiger partial charge on any atom is 0.257 e. The largest absolute Gasteiger partial charge is 0.494 e. The van der Waals surface area contributed by atoms with Crippen molar-refractivity contribution >= 4 is 34.8 Å². The van der Waals surface area contributed by atoms with Crippen LogP contribution in [-0.4, -0.2) is 41.5 Å². The lowest BCUT2D eigenvalue weighted by molar-refractivity contribution is 0.0772. The summed E-state index contributed by atoms with van der Waals surface area (Å²) in [6.45, 7) is 7.88. The van der Waals surface area contributed by atoms with E-state index in [2.05, 4.69) is 17.6 Å². The molecule has 160 valence electrons. The normalized spacial score (nSPS) is 10.2. The van der Waals surface area contributed by atoms with E-state index in [0.29, 0.717) is 42.3 Å². The van der Waals surface area contributed by atoms with Gasteiger partial charge in [-0.25, -0.2) is 0 Å². The van der Waals surface area contributed by atoms with E-state index in [-0.39, 0.29) is 16.9 Å². The summed E-state index contributed by atoms with van der Waals surface area (Å²) in [5.74, 6) is 0.278. The van der Waals surface area contributed by atoms with Crippen LogP contribution in [0.5, 0.6) is 5.75 Å². The van der Waals surface area contributed by atoms with Gasteiger partial charge in [0.1, 0.15) is 5.75 Å². The Morgan fingerprint density at radius 3 is 2.40 bits per heavy atom. The van der Waals surface area contributed by atoms with Crippen LogP contribution in [0.2, 0.25) is 0 Å². The second kappa shape index (κ2) is 11.9. The smallest absolute Gasteiger partial charge is 0.257 e. The molecule has 2 aromatic rings. The number of benzene rings is 2. The molecule has 0 saturated carbocycles. The summed E-state index contributed by atoms with van der Waals surface area (Å²) in [5.41, 5.74) is 1.66. The van der Waals surface area contributed by atoms with Crippen LogP contribution in [-0.2, 0) is 0 Å². The van der Waals surface area contributed by atoms with E-state index in [9.17, 15) is 9.59 Å². The Hall–Kier alpha value is -2.93. The number of nitrogens with zero attached hydrogens (tertiary/aromatic N) is 1. The fourth-order valence-corrected chi connectivity index (χ4v) is 3.03. The van der Waals surface area contributed by atoms with Gasteiger partial charge in [0, 0.05) is 29.9 Å². The van der Waals surface area contributed by atoms with Gasteiger partial charge in [0.05, 0.1) is 6.61 Å². The number of thiocarbonyl (C=S) groups is 1. The number of unbranched alkanes of at least 4 members (excludes halogenated alkanes) is 1. The molecule has 0 fully saturated rings. The molecule has 0 aliphatic heterocycles. The molecule has 0 radical (unpaired) electrons. The van der Waals surface area contributed by atoms with E-state index >= 15 is 0 Å². The quantitative estimate of drug-likeness (QED) is 0.456. The van der Waals surface area contributed by atoms with E-state index in [4.69, 9.17) is 17.0 Å². The fourth-order valence-electron chi connectivity index (χ4n) is 2.82. The third-order valence-electron chi connectivity index (χ3n) is 4.51. The van der Waals surface area contributed by atoms with E-state index in [1.54, 1.807) is 47.4 Å². The number of hydrogen-bond acceptors (Lipinski definition) is 4. The van der Waals surface area contributed by atoms with Crippen molar-refractivity contribution in [2.24, 2.45) is 0 Å². The number of hydrogen-bond donors (Lipinski definition) is 2. The van der Waals surface area contributed by atoms with Crippen LogP contribution in [0.3, 0.4) is 0 Å². The zero-order valence-corrected chi connectivity index (χ0v) is 18.6. The van der Waals surface area contributed by atoms with Gasteiger partial charge in [-0.3, -0.25) is 14.9 Å². The highest BCUT2D eigenvalue weighted by Crippen LogP contribution is 2.15. The van der Waals surface area contributed by atoms with Crippen LogP contribution in [0.4, 0.5) is 5.69 Å². The maximum absolute atomic E-state index is 12.5. The second-order valence-corrected chi connectivity index (χ2v) is 7.10. The highest BCUT2D eigenvalue weighted by molar-refractivity contribution is 7.80. The number of ether oxygens (including phenoxy) is 1. The predicted octanol–water partition coefficient (Wildman–Crippen LogP) is 4.47. The summed E-state index contributed by atoms with van der Waals surface area (Å²) in [6, 6.07) is 14.0. The summed E-state index contributed by atoms with van der Waals surface area (Å²) >= 11 is 5.27. The first kappa shape index (κ1) is 23.3. The second-order valence-electron chi connectivity index (χ2n) is 6.70. The van der Waals surface area contributed by atoms with Gasteiger partial charge < -0.3 is 15.0 Å². The van der Waals surface area contributed by atoms with Crippen molar-refractivity contribution in [2.75, 3.05) is 25.0 Å². The average Bonchev–Trinajstić information content (AvgIpc) is 2.75. The molecule has 0 atom stereocenters. The number of carbonyl (C=O) groups is 2. The molecule has 2 amide bonds. The van der Waals surface area contributed by atoms with Gasteiger partial charge in [0.25, 0.3) is 11.8 Å². The summed E-state index contributed by atoms with van der Waals surface area (Å²) in [7, 11) is 0. The Balaban J connectivity index is 1.99. The molecule has 0 spiro atoms. The minimum Gasteiger partial charge on any atom is -0.494 e. The predicted molar refractivity (Wildman–Crippen MR) is 124 cm³/mol. The molecule has 0 unspecified atom stereocenters. The van der Waals surface area contributed by atoms with Gasteiger partial charge in [0.15, 0.2) is 5.11 Å². The molecule has 30 heavy (non-hydrogen) atoms. The lowest BCUT2D eigenvalue weighted by atomic mass is 10.1. The molecule has 0 bridgehead atoms. The lowest BCUT2D eigenvalue weighted by Gasteiger charge is -2.19. The molecule has 2 N–H and O–H groups in total. The molecule has 7 heteroatoms. The summed E-state index contributed by atoms with van der Waals surface area (Å²) in [6.07, 6.45) is 2.00. The zero-order chi connectivity index (χ0) is 21.9. The van der Waals surface area contributed by atoms with Crippen molar-refractivity contribution in [1.82, 2.24) is 10.2 Å². The molecule has 0 aliphatic rings. The molecule has 2 rings (SSSR count). The van der Waals surface area contributed by atoms with Crippen LogP contribution >= 0.6 is 12.2 Å². The highest BCUT2D eigenvalue weighted by atomic mass is 32.1. The Kier molecular flexibility index (Phi) is 9.28. The van der Waals surface area contributed by atoms with Crippen LogP contribution < -0.4 is 15.4 Å². The summed E-state index contributed by atoms with van der Waals surface area (Å²) in [5, 5.41) is 5.79. The van der Waals surface area contributed by atoms with Crippen LogP contribution in [0.15, 0.2) is 48.5 Å². The molecule has 0 aromatic heterocycles. The Labute approximate surface area is 183 Å². The SMILES string of the molecule is CCCCOc1cccc(C(=O)NC(=S)Nc2cccc(C(=O)N(CC)CC)c2)c1. The highest BCUT2D eigenvalue weighted by Gasteiger charge is 2.14. The van der Waals surface area contributed by atoms with Gasteiger partial charge in [-0.1, -0.05) is 25.5 Å². The van der Waals surface area contributed by atoms with E-state index in [0.717, 1.165) is 12.8 Å². The Morgan fingerprint density at radius 1 is 1.00 bits per heavy atom. The van der Waals surface area contributed by atoms with Gasteiger partial charge >= 0.3 is 0 Å². The first-order valence-electron chi connectivity index (χ1n) is 10.2. The molecular formula is C23H29N3O3S. The first-order valence-corrected chi connectivity index (χ1v) is 10.6. The minimum absolute atomic E-state index is 0.0431. The Morgan fingerprint density at radius 2 is 1.70 bits per heavy atom. The lowest BCUT2D eigenvalue weighted by Crippen LogP contribution is -2.34. The van der Waals surface area contributed by atoms with Gasteiger partial charge in [0.2, 0.25) is 0 Å². The average molecular weight is 428 g/mol. The van der Waals surface area contributed by atoms with Gasteiger partial charge in [-0.05, 0) is 68.9 Å². The van der Waals surface area contributed by atoms with Gasteiger partial charge in [-0.2, -0.15) is 0 Å². The van der Waals surface area contributed by atoms with Crippen molar-refractivity contribution in [3.63, 3.8) is 0 Å². The van der Waals surface area contributed by atoms with Gasteiger partial charge in [-0.15, -0.1) is 0 Å². The van der Waals surface area contributed by atoms with E-state index in [1.807, 2.05) is 19.9 Å². The van der Waals surface area contributed by atoms with Crippen LogP contribution in [0.25, 0.3) is 0 Å². The third-order valence-corrected chi connectivity index (χ3v) is 4.71. The standard InChI is InChI=1S/C23H29N3O3S/c1-4-7-14-29-20-13-9-10-17(16-20)21(27)25-23(30)24-19-12-8-11-18(15-19)22(28)26(5-2)6-3/h8-13,15-16H,4-7,14H2,1-3H3,(H2,24,25,27,30). The number of amides is 2. The minimum atomic E-state index is -0.330. The molecule has 2 aromatic carbocycles. The Bertz CT molecular complexity index is 882. The molecule has 0 heterocycles. The number of rotatable bonds is 9. The zero-order valence-electron chi connectivity index (χ0n) is 17.7. The molecule has 0 aliphatic carbocycles. The van der Waals surface area contributed by atoms with Crippen molar-refractivity contribution < 1.29 is 14.3 Å². The molecule has 6 nitrogen and oxygen atoms in total. The topological polar surface area (TPSA) is 70.7 Å². The third kappa shape index (κ3) is 6.84. The van der Waals surface area contributed by atoms with Crippen LogP contribution in [0.1, 0.15) is 54.3 Å². The molecule has 0 saturated heterocycles. The van der Waals surface area contributed by atoms with E-state index in [1.165, 1.54) is 0 Å². The summed E-state index contributed by atoms with van der Waals surface area (Å²) < 4.78 is 5.65. The van der Waals surface area contributed by atoms with Crippen molar-refractivity contribution in [1.29, 1.82) is 0 Å². The number of anilines is 1.